The average Bonchev–Trinajstić information content (AvgIpc) is 3.38. The minimum atomic E-state index is -0.502. The predicted octanol–water partition coefficient (Wildman–Crippen LogP) is 6.01. The summed E-state index contributed by atoms with van der Waals surface area (Å²) < 4.78 is 1.89. The van der Waals surface area contributed by atoms with Crippen LogP contribution < -0.4 is 10.6 Å². The van der Waals surface area contributed by atoms with E-state index >= 15 is 0 Å². The Labute approximate surface area is 219 Å². The molecular formula is C27H22Cl2N6O. The number of guanidine groups is 1. The van der Waals surface area contributed by atoms with Crippen molar-refractivity contribution in [1.29, 1.82) is 5.26 Å². The molecule has 0 saturated carbocycles. The highest BCUT2D eigenvalue weighted by atomic mass is 35.5. The minimum Gasteiger partial charge on any atom is -0.347 e. The van der Waals surface area contributed by atoms with Crippen LogP contribution in [-0.2, 0) is 6.54 Å². The largest absolute Gasteiger partial charge is 0.347 e. The summed E-state index contributed by atoms with van der Waals surface area (Å²) in [5.41, 5.74) is 3.29. The van der Waals surface area contributed by atoms with Gasteiger partial charge in [0.25, 0.3) is 5.91 Å². The molecule has 4 rings (SSSR count). The smallest absolute Gasteiger partial charge is 0.280 e. The first-order valence-corrected chi connectivity index (χ1v) is 11.8. The first-order valence-electron chi connectivity index (χ1n) is 11.1. The number of carbonyl (C=O) groups is 1. The molecule has 1 heterocycles. The van der Waals surface area contributed by atoms with Gasteiger partial charge in [0.05, 0.1) is 24.0 Å². The summed E-state index contributed by atoms with van der Waals surface area (Å²) in [6.45, 7) is 2.44. The SMILES string of the molecule is Cc1ccc(N/C(=N\C(=O)c2cccc(C#N)c2)N[C@@H](Cn2ccnc2)c2ccc(Cl)cc2Cl)cc1. The Hall–Kier alpha value is -4.12. The quantitative estimate of drug-likeness (QED) is 0.241. The Bertz CT molecular complexity index is 1430. The molecule has 0 radical (unpaired) electrons. The summed E-state index contributed by atoms with van der Waals surface area (Å²) in [7, 11) is 0. The molecule has 7 nitrogen and oxygen atoms in total. The van der Waals surface area contributed by atoms with Crippen LogP contribution in [0.4, 0.5) is 5.69 Å². The molecule has 36 heavy (non-hydrogen) atoms. The normalized spacial score (nSPS) is 12.0. The highest BCUT2D eigenvalue weighted by Crippen LogP contribution is 2.27. The molecule has 0 bridgehead atoms. The van der Waals surface area contributed by atoms with Gasteiger partial charge in [-0.25, -0.2) is 4.98 Å². The molecule has 1 atom stereocenters. The Kier molecular flexibility index (Phi) is 8.01. The number of aryl methyl sites for hydroxylation is 1. The van der Waals surface area contributed by atoms with Gasteiger partial charge in [0.1, 0.15) is 0 Å². The maximum atomic E-state index is 13.1. The number of halogens is 2. The minimum absolute atomic E-state index is 0.224. The molecule has 0 saturated heterocycles. The third-order valence-electron chi connectivity index (χ3n) is 5.37. The van der Waals surface area contributed by atoms with Crippen LogP contribution in [0.2, 0.25) is 10.0 Å². The topological polar surface area (TPSA) is 95.1 Å². The molecule has 0 aliphatic heterocycles. The van der Waals surface area contributed by atoms with Crippen molar-refractivity contribution in [2.45, 2.75) is 19.5 Å². The van der Waals surface area contributed by atoms with Crippen LogP contribution in [0.5, 0.6) is 0 Å². The zero-order valence-corrected chi connectivity index (χ0v) is 20.8. The number of hydrogen-bond acceptors (Lipinski definition) is 3. The third kappa shape index (κ3) is 6.51. The van der Waals surface area contributed by atoms with Gasteiger partial charge in [-0.15, -0.1) is 0 Å². The molecule has 0 fully saturated rings. The fourth-order valence-electron chi connectivity index (χ4n) is 3.53. The molecule has 2 N–H and O–H groups in total. The third-order valence-corrected chi connectivity index (χ3v) is 5.93. The number of hydrogen-bond donors (Lipinski definition) is 2. The van der Waals surface area contributed by atoms with Gasteiger partial charge < -0.3 is 15.2 Å². The van der Waals surface area contributed by atoms with Gasteiger partial charge >= 0.3 is 0 Å². The van der Waals surface area contributed by atoms with Crippen molar-refractivity contribution in [1.82, 2.24) is 14.9 Å². The molecule has 1 amide bonds. The number of amides is 1. The standard InChI is InChI=1S/C27H22Cl2N6O/c1-18-5-8-22(9-6-18)32-27(34-26(36)20-4-2-3-19(13-20)15-30)33-25(16-35-12-11-31-17-35)23-10-7-21(28)14-24(23)29/h2-14,17,25H,16H2,1H3,(H2,32,33,34,36)/t25-/m0/s1. The lowest BCUT2D eigenvalue weighted by atomic mass is 10.1. The maximum Gasteiger partial charge on any atom is 0.280 e. The zero-order chi connectivity index (χ0) is 25.5. The fourth-order valence-corrected chi connectivity index (χ4v) is 4.07. The molecule has 0 aliphatic carbocycles. The van der Waals surface area contributed by atoms with Gasteiger partial charge in [-0.3, -0.25) is 4.79 Å². The summed E-state index contributed by atoms with van der Waals surface area (Å²) in [6.07, 6.45) is 5.22. The molecule has 1 aromatic heterocycles. The van der Waals surface area contributed by atoms with Crippen molar-refractivity contribution < 1.29 is 4.79 Å². The Morgan fingerprint density at radius 1 is 1.14 bits per heavy atom. The lowest BCUT2D eigenvalue weighted by Gasteiger charge is -2.23. The number of aromatic nitrogens is 2. The van der Waals surface area contributed by atoms with E-state index in [2.05, 4.69) is 20.6 Å². The van der Waals surface area contributed by atoms with Crippen molar-refractivity contribution in [2.75, 3.05) is 5.32 Å². The molecule has 3 aromatic carbocycles. The van der Waals surface area contributed by atoms with Gasteiger partial charge in [0.15, 0.2) is 0 Å². The van der Waals surface area contributed by atoms with E-state index in [0.717, 1.165) is 16.8 Å². The number of imidazole rings is 1. The summed E-state index contributed by atoms with van der Waals surface area (Å²) in [5, 5.41) is 16.7. The lowest BCUT2D eigenvalue weighted by Crippen LogP contribution is -2.37. The number of carbonyl (C=O) groups excluding carboxylic acids is 1. The monoisotopic (exact) mass is 516 g/mol. The van der Waals surface area contributed by atoms with E-state index in [0.29, 0.717) is 27.7 Å². The van der Waals surface area contributed by atoms with Gasteiger partial charge in [-0.05, 0) is 55.0 Å². The highest BCUT2D eigenvalue weighted by molar-refractivity contribution is 6.35. The second kappa shape index (κ2) is 11.5. The van der Waals surface area contributed by atoms with Gasteiger partial charge in [-0.1, -0.05) is 53.0 Å². The Morgan fingerprint density at radius 3 is 2.64 bits per heavy atom. The molecule has 0 unspecified atom stereocenters. The van der Waals surface area contributed by atoms with Crippen LogP contribution >= 0.6 is 23.2 Å². The zero-order valence-electron chi connectivity index (χ0n) is 19.3. The Morgan fingerprint density at radius 2 is 1.94 bits per heavy atom. The van der Waals surface area contributed by atoms with E-state index in [1.165, 1.54) is 6.07 Å². The second-order valence-corrected chi connectivity index (χ2v) is 8.92. The number of benzene rings is 3. The van der Waals surface area contributed by atoms with Crippen molar-refractivity contribution >= 4 is 40.8 Å². The second-order valence-electron chi connectivity index (χ2n) is 8.07. The van der Waals surface area contributed by atoms with Crippen molar-refractivity contribution in [3.05, 3.63) is 118 Å². The van der Waals surface area contributed by atoms with Crippen LogP contribution in [0.1, 0.15) is 33.1 Å². The summed E-state index contributed by atoms with van der Waals surface area (Å²) in [5.74, 6) is -0.278. The van der Waals surface area contributed by atoms with E-state index < -0.39 is 5.91 Å². The summed E-state index contributed by atoms with van der Waals surface area (Å²) >= 11 is 12.7. The van der Waals surface area contributed by atoms with E-state index in [4.69, 9.17) is 23.2 Å². The highest BCUT2D eigenvalue weighted by Gasteiger charge is 2.19. The number of nitriles is 1. The van der Waals surface area contributed by atoms with Crippen LogP contribution in [0.15, 0.2) is 90.4 Å². The first kappa shape index (κ1) is 25.0. The molecular weight excluding hydrogens is 495 g/mol. The molecule has 9 heteroatoms. The van der Waals surface area contributed by atoms with E-state index in [-0.39, 0.29) is 12.0 Å². The predicted molar refractivity (Wildman–Crippen MR) is 142 cm³/mol. The maximum absolute atomic E-state index is 13.1. The number of aliphatic imine (C=N–C) groups is 1. The first-order chi connectivity index (χ1) is 17.4. The number of rotatable bonds is 6. The van der Waals surface area contributed by atoms with E-state index in [1.807, 2.05) is 54.1 Å². The van der Waals surface area contributed by atoms with Gasteiger partial charge in [-0.2, -0.15) is 10.3 Å². The number of nitrogens with zero attached hydrogens (tertiary/aromatic N) is 4. The molecule has 0 aliphatic rings. The fraction of sp³-hybridized carbons (Fsp3) is 0.111. The Balaban J connectivity index is 1.72. The molecule has 4 aromatic rings. The summed E-state index contributed by atoms with van der Waals surface area (Å²) in [4.78, 5) is 21.5. The summed E-state index contributed by atoms with van der Waals surface area (Å²) in [6, 6.07) is 21.0. The number of anilines is 1. The van der Waals surface area contributed by atoms with E-state index in [9.17, 15) is 10.1 Å². The van der Waals surface area contributed by atoms with Crippen LogP contribution in [0, 0.1) is 18.3 Å². The number of nitrogens with one attached hydrogen (secondary N) is 2. The van der Waals surface area contributed by atoms with Crippen LogP contribution in [-0.4, -0.2) is 21.4 Å². The lowest BCUT2D eigenvalue weighted by molar-refractivity contribution is 0.100. The van der Waals surface area contributed by atoms with Gasteiger partial charge in [0, 0.05) is 40.2 Å². The van der Waals surface area contributed by atoms with Crippen molar-refractivity contribution in [3.63, 3.8) is 0 Å². The van der Waals surface area contributed by atoms with Gasteiger partial charge in [0.2, 0.25) is 5.96 Å². The molecule has 180 valence electrons. The van der Waals surface area contributed by atoms with Crippen molar-refractivity contribution in [2.24, 2.45) is 4.99 Å². The van der Waals surface area contributed by atoms with Crippen LogP contribution in [0.25, 0.3) is 0 Å². The molecule has 0 spiro atoms. The van der Waals surface area contributed by atoms with E-state index in [1.54, 1.807) is 42.9 Å². The van der Waals surface area contributed by atoms with Crippen molar-refractivity contribution in [3.8, 4) is 6.07 Å². The van der Waals surface area contributed by atoms with Crippen LogP contribution in [0.3, 0.4) is 0 Å². The average molecular weight is 517 g/mol.